The molecular formula is C16H20N6O. The molecule has 1 aliphatic carbocycles. The van der Waals surface area contributed by atoms with Crippen LogP contribution in [-0.4, -0.2) is 39.8 Å². The third-order valence-corrected chi connectivity index (χ3v) is 4.60. The summed E-state index contributed by atoms with van der Waals surface area (Å²) in [5.74, 6) is 1.87. The first-order chi connectivity index (χ1) is 11.3. The Morgan fingerprint density at radius 2 is 2.13 bits per heavy atom. The van der Waals surface area contributed by atoms with Gasteiger partial charge in [0, 0.05) is 37.9 Å². The Morgan fingerprint density at radius 1 is 1.26 bits per heavy atom. The molecule has 0 atom stereocenters. The summed E-state index contributed by atoms with van der Waals surface area (Å²) in [5, 5.41) is 11.9. The molecule has 2 aromatic rings. The molecule has 0 spiro atoms. The van der Waals surface area contributed by atoms with Crippen LogP contribution in [0.1, 0.15) is 24.1 Å². The van der Waals surface area contributed by atoms with Gasteiger partial charge in [-0.15, -0.1) is 5.10 Å². The second kappa shape index (κ2) is 5.98. The molecule has 0 amide bonds. The first-order valence-electron chi connectivity index (χ1n) is 8.17. The first-order valence-corrected chi connectivity index (χ1v) is 8.17. The Morgan fingerprint density at radius 3 is 3.00 bits per heavy atom. The van der Waals surface area contributed by atoms with E-state index in [2.05, 4.69) is 36.4 Å². The van der Waals surface area contributed by atoms with E-state index in [0.29, 0.717) is 11.7 Å². The predicted molar refractivity (Wildman–Crippen MR) is 87.7 cm³/mol. The molecule has 120 valence electrons. The molecule has 2 aromatic heterocycles. The highest BCUT2D eigenvalue weighted by molar-refractivity contribution is 5.45. The number of aryl methyl sites for hydroxylation is 2. The van der Waals surface area contributed by atoms with Crippen LogP contribution >= 0.6 is 0 Å². The largest absolute Gasteiger partial charge is 0.365 e. The molecule has 7 heteroatoms. The highest BCUT2D eigenvalue weighted by atomic mass is 16.1. The second-order valence-corrected chi connectivity index (χ2v) is 6.30. The van der Waals surface area contributed by atoms with Crippen LogP contribution in [0.5, 0.6) is 0 Å². The van der Waals surface area contributed by atoms with Crippen LogP contribution in [-0.2, 0) is 12.8 Å². The van der Waals surface area contributed by atoms with E-state index in [1.165, 1.54) is 30.3 Å². The van der Waals surface area contributed by atoms with Crippen LogP contribution in [0.3, 0.4) is 0 Å². The molecule has 0 bridgehead atoms. The molecule has 1 saturated heterocycles. The molecule has 0 radical (unpaired) electrons. The average Bonchev–Trinajstić information content (AvgIpc) is 2.55. The summed E-state index contributed by atoms with van der Waals surface area (Å²) in [6.07, 6.45) is 7.79. The minimum Gasteiger partial charge on any atom is -0.365 e. The highest BCUT2D eigenvalue weighted by Crippen LogP contribution is 2.26. The molecule has 7 nitrogen and oxygen atoms in total. The Labute approximate surface area is 134 Å². The van der Waals surface area contributed by atoms with E-state index < -0.39 is 0 Å². The van der Waals surface area contributed by atoms with Crippen LogP contribution in [0.4, 0.5) is 11.6 Å². The van der Waals surface area contributed by atoms with Crippen molar-refractivity contribution in [2.45, 2.75) is 25.7 Å². The van der Waals surface area contributed by atoms with Crippen molar-refractivity contribution >= 4 is 11.6 Å². The summed E-state index contributed by atoms with van der Waals surface area (Å²) in [6.45, 7) is 2.62. The van der Waals surface area contributed by atoms with Crippen molar-refractivity contribution in [3.8, 4) is 0 Å². The fourth-order valence-corrected chi connectivity index (χ4v) is 3.24. The van der Waals surface area contributed by atoms with Crippen molar-refractivity contribution in [2.24, 2.45) is 5.92 Å². The average molecular weight is 312 g/mol. The maximum Gasteiger partial charge on any atom is 0.290 e. The number of nitrogens with zero attached hydrogens (tertiary/aromatic N) is 4. The van der Waals surface area contributed by atoms with E-state index >= 15 is 0 Å². The van der Waals surface area contributed by atoms with Gasteiger partial charge >= 0.3 is 0 Å². The van der Waals surface area contributed by atoms with E-state index in [1.807, 2.05) is 0 Å². The van der Waals surface area contributed by atoms with Crippen molar-refractivity contribution in [2.75, 3.05) is 29.9 Å². The Kier molecular flexibility index (Phi) is 3.69. The van der Waals surface area contributed by atoms with Crippen molar-refractivity contribution in [1.82, 2.24) is 20.2 Å². The van der Waals surface area contributed by atoms with Crippen molar-refractivity contribution < 1.29 is 0 Å². The van der Waals surface area contributed by atoms with Gasteiger partial charge in [-0.05, 0) is 37.3 Å². The Hall–Kier alpha value is -2.44. The number of hydrogen-bond donors (Lipinski definition) is 2. The molecule has 0 unspecified atom stereocenters. The zero-order valence-electron chi connectivity index (χ0n) is 13.0. The fourth-order valence-electron chi connectivity index (χ4n) is 3.24. The molecule has 1 aliphatic heterocycles. The summed E-state index contributed by atoms with van der Waals surface area (Å²) < 4.78 is 0. The van der Waals surface area contributed by atoms with Gasteiger partial charge in [0.1, 0.15) is 0 Å². The highest BCUT2D eigenvalue weighted by Gasteiger charge is 2.28. The summed E-state index contributed by atoms with van der Waals surface area (Å²) in [7, 11) is 0. The third-order valence-electron chi connectivity index (χ3n) is 4.60. The molecule has 4 rings (SSSR count). The molecule has 23 heavy (non-hydrogen) atoms. The van der Waals surface area contributed by atoms with Gasteiger partial charge in [0.15, 0.2) is 11.6 Å². The molecule has 0 aromatic carbocycles. The zero-order chi connectivity index (χ0) is 15.6. The number of hydrogen-bond acceptors (Lipinski definition) is 6. The molecular weight excluding hydrogens is 292 g/mol. The second-order valence-electron chi connectivity index (χ2n) is 6.30. The van der Waals surface area contributed by atoms with Crippen LogP contribution in [0.2, 0.25) is 0 Å². The smallest absolute Gasteiger partial charge is 0.290 e. The monoisotopic (exact) mass is 312 g/mol. The lowest BCUT2D eigenvalue weighted by Crippen LogP contribution is -2.50. The standard InChI is InChI=1S/C16H20N6O/c23-16-15(17-5-6-18-16)19-8-11-9-22(10-11)14-7-12-3-1-2-4-13(12)20-21-14/h5-7,11H,1-4,8-10H2,(H,17,19)(H,18,23). The molecule has 2 N–H and O–H groups in total. The van der Waals surface area contributed by atoms with E-state index in [4.69, 9.17) is 0 Å². The quantitative estimate of drug-likeness (QED) is 0.875. The molecule has 1 fully saturated rings. The van der Waals surface area contributed by atoms with Crippen LogP contribution in [0.15, 0.2) is 23.3 Å². The van der Waals surface area contributed by atoms with Gasteiger partial charge in [-0.2, -0.15) is 5.10 Å². The van der Waals surface area contributed by atoms with Crippen molar-refractivity contribution in [3.63, 3.8) is 0 Å². The Balaban J connectivity index is 1.33. The lowest BCUT2D eigenvalue weighted by molar-refractivity contribution is 0.424. The summed E-state index contributed by atoms with van der Waals surface area (Å²) >= 11 is 0. The topological polar surface area (TPSA) is 86.8 Å². The van der Waals surface area contributed by atoms with Gasteiger partial charge < -0.3 is 15.2 Å². The molecule has 3 heterocycles. The van der Waals surface area contributed by atoms with Crippen LogP contribution in [0.25, 0.3) is 0 Å². The van der Waals surface area contributed by atoms with E-state index in [-0.39, 0.29) is 5.56 Å². The summed E-state index contributed by atoms with van der Waals surface area (Å²) in [4.78, 5) is 20.5. The number of fused-ring (bicyclic) bond motifs is 1. The SMILES string of the molecule is O=c1[nH]ccnc1NCC1CN(c2cc3c(nn2)CCCC3)C1. The van der Waals surface area contributed by atoms with Crippen molar-refractivity contribution in [1.29, 1.82) is 0 Å². The van der Waals surface area contributed by atoms with Crippen LogP contribution < -0.4 is 15.8 Å². The van der Waals surface area contributed by atoms with Gasteiger partial charge in [0.25, 0.3) is 5.56 Å². The van der Waals surface area contributed by atoms with Gasteiger partial charge in [-0.25, -0.2) is 4.98 Å². The fraction of sp³-hybridized carbons (Fsp3) is 0.500. The number of aromatic amines is 1. The number of anilines is 2. The minimum atomic E-state index is -0.177. The van der Waals surface area contributed by atoms with E-state index in [0.717, 1.165) is 38.3 Å². The number of H-pyrrole nitrogens is 1. The first kappa shape index (κ1) is 14.2. The van der Waals surface area contributed by atoms with Gasteiger partial charge in [-0.1, -0.05) is 0 Å². The minimum absolute atomic E-state index is 0.177. The summed E-state index contributed by atoms with van der Waals surface area (Å²) in [5.41, 5.74) is 2.36. The molecule has 2 aliphatic rings. The normalized spacial score (nSPS) is 17.5. The lowest BCUT2D eigenvalue weighted by atomic mass is 9.95. The van der Waals surface area contributed by atoms with Crippen LogP contribution in [0, 0.1) is 5.92 Å². The van der Waals surface area contributed by atoms with Crippen molar-refractivity contribution in [3.05, 3.63) is 40.1 Å². The number of nitrogens with one attached hydrogen (secondary N) is 2. The summed E-state index contributed by atoms with van der Waals surface area (Å²) in [6, 6.07) is 2.20. The number of aromatic nitrogens is 4. The van der Waals surface area contributed by atoms with Gasteiger partial charge in [-0.3, -0.25) is 4.79 Å². The lowest BCUT2D eigenvalue weighted by Gasteiger charge is -2.40. The number of rotatable bonds is 4. The maximum atomic E-state index is 11.6. The third kappa shape index (κ3) is 2.91. The van der Waals surface area contributed by atoms with E-state index in [1.54, 1.807) is 6.20 Å². The van der Waals surface area contributed by atoms with Gasteiger partial charge in [0.2, 0.25) is 0 Å². The zero-order valence-corrected chi connectivity index (χ0v) is 13.0. The van der Waals surface area contributed by atoms with E-state index in [9.17, 15) is 4.79 Å². The molecule has 0 saturated carbocycles. The Bertz CT molecular complexity index is 752. The maximum absolute atomic E-state index is 11.6. The predicted octanol–water partition coefficient (Wildman–Crippen LogP) is 0.987. The van der Waals surface area contributed by atoms with Gasteiger partial charge in [0.05, 0.1) is 5.69 Å².